The van der Waals surface area contributed by atoms with E-state index in [2.05, 4.69) is 9.97 Å². The lowest BCUT2D eigenvalue weighted by molar-refractivity contribution is 0.611. The fourth-order valence-corrected chi connectivity index (χ4v) is 3.85. The highest BCUT2D eigenvalue weighted by Crippen LogP contribution is 2.22. The number of nitrogens with zero attached hydrogens (tertiary/aromatic N) is 4. The van der Waals surface area contributed by atoms with E-state index >= 15 is 0 Å². The van der Waals surface area contributed by atoms with Gasteiger partial charge in [0.05, 0.1) is 17.8 Å². The maximum atomic E-state index is 14.2. The average Bonchev–Trinajstić information content (AvgIpc) is 3.02. The zero-order chi connectivity index (χ0) is 19.1. The van der Waals surface area contributed by atoms with Crippen LogP contribution in [-0.2, 0) is 6.54 Å². The van der Waals surface area contributed by atoms with Crippen LogP contribution in [0.15, 0.2) is 52.3 Å². The quantitative estimate of drug-likeness (QED) is 0.506. The summed E-state index contributed by atoms with van der Waals surface area (Å²) in [5.41, 5.74) is -1.56. The molecule has 0 aliphatic carbocycles. The highest BCUT2D eigenvalue weighted by molar-refractivity contribution is 7.15. The summed E-state index contributed by atoms with van der Waals surface area (Å²) < 4.78 is 17.0. The zero-order valence-corrected chi connectivity index (χ0v) is 15.7. The van der Waals surface area contributed by atoms with E-state index in [1.807, 2.05) is 0 Å². The van der Waals surface area contributed by atoms with Crippen molar-refractivity contribution in [1.29, 1.82) is 0 Å². The minimum Gasteiger partial charge on any atom is -0.327 e. The Balaban J connectivity index is 1.91. The van der Waals surface area contributed by atoms with Gasteiger partial charge in [0.1, 0.15) is 5.82 Å². The summed E-state index contributed by atoms with van der Waals surface area (Å²) in [6.07, 6.45) is 3.30. The van der Waals surface area contributed by atoms with E-state index in [1.54, 1.807) is 23.0 Å². The second-order valence-corrected chi connectivity index (χ2v) is 7.72. The van der Waals surface area contributed by atoms with Crippen LogP contribution in [0, 0.1) is 5.82 Å². The van der Waals surface area contributed by atoms with Gasteiger partial charge in [0.15, 0.2) is 10.3 Å². The second kappa shape index (κ2) is 6.88. The van der Waals surface area contributed by atoms with Gasteiger partial charge in [0.25, 0.3) is 5.56 Å². The molecule has 1 aromatic carbocycles. The predicted octanol–water partition coefficient (Wildman–Crippen LogP) is 3.45. The monoisotopic (exact) mass is 422 g/mol. The molecule has 0 spiro atoms. The molecule has 1 aromatic heterocycles. The van der Waals surface area contributed by atoms with Gasteiger partial charge in [-0.05, 0) is 30.3 Å². The van der Waals surface area contributed by atoms with Crippen molar-refractivity contribution in [3.8, 4) is 17.1 Å². The predicted molar refractivity (Wildman–Crippen MR) is 102 cm³/mol. The molecule has 3 heterocycles. The molecule has 10 heteroatoms. The number of thiazole rings is 1. The molecule has 2 aliphatic rings. The van der Waals surface area contributed by atoms with Gasteiger partial charge in [-0.15, -0.1) is 11.3 Å². The van der Waals surface area contributed by atoms with Crippen LogP contribution >= 0.6 is 34.5 Å². The van der Waals surface area contributed by atoms with Crippen molar-refractivity contribution in [2.24, 2.45) is 0 Å². The molecule has 0 unspecified atom stereocenters. The van der Waals surface area contributed by atoms with Crippen LogP contribution in [0.4, 0.5) is 4.39 Å². The van der Waals surface area contributed by atoms with E-state index in [1.165, 1.54) is 29.5 Å². The van der Waals surface area contributed by atoms with Crippen LogP contribution in [0.5, 0.6) is 0 Å². The molecular formula is C17H9Cl2FN4O2S. The number of rotatable bonds is 3. The Labute approximate surface area is 165 Å². The number of benzene rings is 1. The van der Waals surface area contributed by atoms with Gasteiger partial charge in [0.2, 0.25) is 0 Å². The van der Waals surface area contributed by atoms with Gasteiger partial charge in [-0.1, -0.05) is 23.2 Å². The highest BCUT2D eigenvalue weighted by Gasteiger charge is 2.20. The van der Waals surface area contributed by atoms with E-state index in [9.17, 15) is 14.0 Å². The molecule has 6 nitrogen and oxygen atoms in total. The Kier molecular flexibility index (Phi) is 4.55. The van der Waals surface area contributed by atoms with Crippen LogP contribution in [0.1, 0.15) is 4.88 Å². The van der Waals surface area contributed by atoms with Gasteiger partial charge in [-0.2, -0.15) is 4.98 Å². The van der Waals surface area contributed by atoms with E-state index in [0.29, 0.717) is 15.6 Å². The van der Waals surface area contributed by atoms with Crippen LogP contribution in [0.3, 0.4) is 0 Å². The summed E-state index contributed by atoms with van der Waals surface area (Å²) in [6.45, 7) is 0.340. The van der Waals surface area contributed by atoms with Crippen molar-refractivity contribution in [2.45, 2.75) is 6.54 Å². The third kappa shape index (κ3) is 3.27. The first-order chi connectivity index (χ1) is 12.9. The molecular weight excluding hydrogens is 414 g/mol. The van der Waals surface area contributed by atoms with Crippen LogP contribution in [-0.4, -0.2) is 19.1 Å². The first-order valence-electron chi connectivity index (χ1n) is 7.62. The van der Waals surface area contributed by atoms with Gasteiger partial charge in [-0.25, -0.2) is 18.7 Å². The Hall–Kier alpha value is -2.55. The molecule has 0 N–H and O–H groups in total. The number of hydrogen-bond acceptors (Lipinski definition) is 5. The number of fused-ring (bicyclic) bond motifs is 1. The lowest BCUT2D eigenvalue weighted by atomic mass is 10.2. The summed E-state index contributed by atoms with van der Waals surface area (Å²) in [7, 11) is 0. The van der Waals surface area contributed by atoms with Crippen molar-refractivity contribution < 1.29 is 4.39 Å². The third-order valence-electron chi connectivity index (χ3n) is 3.87. The summed E-state index contributed by atoms with van der Waals surface area (Å²) in [6, 6.07) is 6.89. The van der Waals surface area contributed by atoms with Gasteiger partial charge in [0, 0.05) is 22.3 Å². The Morgan fingerprint density at radius 3 is 2.70 bits per heavy atom. The summed E-state index contributed by atoms with van der Waals surface area (Å²) >= 11 is 12.9. The van der Waals surface area contributed by atoms with Crippen molar-refractivity contribution in [3.63, 3.8) is 0 Å². The smallest absolute Gasteiger partial charge is 0.327 e. The fourth-order valence-electron chi connectivity index (χ4n) is 2.71. The molecule has 0 radical (unpaired) electrons. The largest absolute Gasteiger partial charge is 0.357 e. The van der Waals surface area contributed by atoms with Crippen LogP contribution in [0.25, 0.3) is 17.1 Å². The number of halogens is 3. The minimum absolute atomic E-state index is 0.159. The van der Waals surface area contributed by atoms with Crippen molar-refractivity contribution >= 4 is 34.5 Å². The van der Waals surface area contributed by atoms with Crippen molar-refractivity contribution in [3.05, 3.63) is 83.7 Å². The molecule has 0 saturated carbocycles. The Morgan fingerprint density at radius 2 is 2.00 bits per heavy atom. The van der Waals surface area contributed by atoms with Gasteiger partial charge in [-0.3, -0.25) is 4.79 Å². The molecule has 2 aliphatic heterocycles. The van der Waals surface area contributed by atoms with E-state index in [0.717, 1.165) is 10.9 Å². The molecule has 136 valence electrons. The van der Waals surface area contributed by atoms with Crippen LogP contribution < -0.4 is 11.2 Å². The molecule has 0 bridgehead atoms. The molecule has 4 rings (SSSR count). The van der Waals surface area contributed by atoms with Crippen molar-refractivity contribution in [2.75, 3.05) is 0 Å². The van der Waals surface area contributed by atoms with Crippen LogP contribution in [0.2, 0.25) is 9.49 Å². The first kappa shape index (κ1) is 17.8. The van der Waals surface area contributed by atoms with Gasteiger partial charge >= 0.3 is 5.69 Å². The standard InChI is InChI=1S/C17H9Cl2FN4O2S/c18-9-3-4-13(12(20)6-9)24-15(25)11-2-1-5-23(14(11)22-17(24)26)8-10-7-21-16(19)27-10/h1-7H,8H2. The highest BCUT2D eigenvalue weighted by atomic mass is 35.5. The molecule has 0 fully saturated rings. The summed E-state index contributed by atoms with van der Waals surface area (Å²) in [5.74, 6) is -0.589. The Bertz CT molecular complexity index is 1250. The molecule has 0 saturated heterocycles. The van der Waals surface area contributed by atoms with E-state index < -0.39 is 17.1 Å². The van der Waals surface area contributed by atoms with E-state index in [-0.39, 0.29) is 22.1 Å². The minimum atomic E-state index is -0.879. The SMILES string of the molecule is O=c1nc2n(Cc3cnc(Cl)s3)cccc-2c(=O)n1-c1ccc(Cl)cc1F. The number of hydrogen-bond donors (Lipinski definition) is 0. The molecule has 0 atom stereocenters. The Morgan fingerprint density at radius 1 is 1.19 bits per heavy atom. The maximum absolute atomic E-state index is 14.2. The normalized spacial score (nSPS) is 11.2. The molecule has 2 aromatic rings. The second-order valence-electron chi connectivity index (χ2n) is 5.58. The third-order valence-corrected chi connectivity index (χ3v) is 5.21. The lowest BCUT2D eigenvalue weighted by Crippen LogP contribution is -2.37. The average molecular weight is 423 g/mol. The lowest BCUT2D eigenvalue weighted by Gasteiger charge is -2.14. The topological polar surface area (TPSA) is 69.8 Å². The number of aromatic nitrogens is 4. The van der Waals surface area contributed by atoms with Crippen molar-refractivity contribution in [1.82, 2.24) is 19.1 Å². The number of pyridine rings is 1. The zero-order valence-electron chi connectivity index (χ0n) is 13.4. The van der Waals surface area contributed by atoms with E-state index in [4.69, 9.17) is 23.2 Å². The summed E-state index contributed by atoms with van der Waals surface area (Å²) in [5, 5.41) is 0.159. The first-order valence-corrected chi connectivity index (χ1v) is 9.19. The van der Waals surface area contributed by atoms with Gasteiger partial charge < -0.3 is 4.57 Å². The maximum Gasteiger partial charge on any atom is 0.357 e. The summed E-state index contributed by atoms with van der Waals surface area (Å²) in [4.78, 5) is 34.2. The molecule has 27 heavy (non-hydrogen) atoms. The fraction of sp³-hybridized carbons (Fsp3) is 0.0588. The molecule has 0 amide bonds.